The van der Waals surface area contributed by atoms with E-state index in [4.69, 9.17) is 14.6 Å². The molecular weight excluding hydrogens is 184 g/mol. The average Bonchev–Trinajstić information content (AvgIpc) is 1.99. The second-order valence-electron chi connectivity index (χ2n) is 4.25. The van der Waals surface area contributed by atoms with Crippen LogP contribution in [0.25, 0.3) is 0 Å². The van der Waals surface area contributed by atoms with Gasteiger partial charge in [0, 0.05) is 0 Å². The number of rotatable bonds is 6. The molecule has 0 aromatic heterocycles. The Kier molecular flexibility index (Phi) is 5.72. The second-order valence-corrected chi connectivity index (χ2v) is 4.25. The number of ether oxygens (including phenoxy) is 2. The predicted octanol–water partition coefficient (Wildman–Crippen LogP) is 1.68. The molecule has 0 heterocycles. The summed E-state index contributed by atoms with van der Waals surface area (Å²) in [6.45, 7) is 8.51. The van der Waals surface area contributed by atoms with E-state index in [-0.39, 0.29) is 24.7 Å². The van der Waals surface area contributed by atoms with Gasteiger partial charge in [-0.05, 0) is 27.7 Å². The maximum absolute atomic E-state index is 10.2. The van der Waals surface area contributed by atoms with Gasteiger partial charge in [0.25, 0.3) is 0 Å². The minimum absolute atomic E-state index is 0.0415. The summed E-state index contributed by atoms with van der Waals surface area (Å²) in [5.41, 5.74) is -0.176. The predicted molar refractivity (Wildman–Crippen MR) is 53.4 cm³/mol. The van der Waals surface area contributed by atoms with Crippen molar-refractivity contribution in [1.82, 2.24) is 0 Å². The molecule has 0 spiro atoms. The highest BCUT2D eigenvalue weighted by molar-refractivity contribution is 5.66. The van der Waals surface area contributed by atoms with E-state index in [1.165, 1.54) is 0 Å². The lowest BCUT2D eigenvalue weighted by Gasteiger charge is -2.22. The van der Waals surface area contributed by atoms with Crippen LogP contribution in [0.4, 0.5) is 0 Å². The lowest BCUT2D eigenvalue weighted by molar-refractivity contribution is -0.139. The van der Waals surface area contributed by atoms with Gasteiger partial charge in [0.1, 0.15) is 0 Å². The van der Waals surface area contributed by atoms with Crippen molar-refractivity contribution in [2.45, 2.75) is 45.8 Å². The number of aliphatic carboxylic acids is 1. The zero-order valence-corrected chi connectivity index (χ0v) is 9.37. The molecule has 14 heavy (non-hydrogen) atoms. The standard InChI is InChI=1S/C10H20O4/c1-8(7-14-10(2,3)4)13-6-5-9(11)12/h8H,5-7H2,1-4H3,(H,11,12). The van der Waals surface area contributed by atoms with E-state index in [1.54, 1.807) is 0 Å². The second kappa shape index (κ2) is 5.98. The SMILES string of the molecule is CC(COC(C)(C)C)OCCC(=O)O. The largest absolute Gasteiger partial charge is 0.481 e. The first-order valence-corrected chi connectivity index (χ1v) is 4.78. The Hall–Kier alpha value is -0.610. The number of carboxylic acids is 1. The highest BCUT2D eigenvalue weighted by atomic mass is 16.5. The zero-order chi connectivity index (χ0) is 11.2. The Labute approximate surface area is 85.2 Å². The Morgan fingerprint density at radius 3 is 2.43 bits per heavy atom. The van der Waals surface area contributed by atoms with Crippen LogP contribution in [0.1, 0.15) is 34.1 Å². The van der Waals surface area contributed by atoms with Crippen LogP contribution in [-0.4, -0.2) is 36.0 Å². The smallest absolute Gasteiger partial charge is 0.305 e. The van der Waals surface area contributed by atoms with E-state index in [9.17, 15) is 4.79 Å². The Bertz CT molecular complexity index is 171. The molecule has 84 valence electrons. The summed E-state index contributed by atoms with van der Waals surface area (Å²) >= 11 is 0. The first-order chi connectivity index (χ1) is 6.31. The van der Waals surface area contributed by atoms with Gasteiger partial charge in [0.2, 0.25) is 0 Å². The first kappa shape index (κ1) is 13.4. The van der Waals surface area contributed by atoms with Crippen LogP contribution in [0.3, 0.4) is 0 Å². The van der Waals surface area contributed by atoms with Crippen LogP contribution >= 0.6 is 0 Å². The maximum atomic E-state index is 10.2. The van der Waals surface area contributed by atoms with E-state index in [0.29, 0.717) is 6.61 Å². The third kappa shape index (κ3) is 9.48. The van der Waals surface area contributed by atoms with Crippen molar-refractivity contribution >= 4 is 5.97 Å². The summed E-state index contributed by atoms with van der Waals surface area (Å²) in [5.74, 6) is -0.839. The van der Waals surface area contributed by atoms with Crippen molar-refractivity contribution in [2.24, 2.45) is 0 Å². The van der Waals surface area contributed by atoms with E-state index in [0.717, 1.165) is 0 Å². The quantitative estimate of drug-likeness (QED) is 0.715. The van der Waals surface area contributed by atoms with Gasteiger partial charge in [-0.2, -0.15) is 0 Å². The van der Waals surface area contributed by atoms with Gasteiger partial charge in [-0.15, -0.1) is 0 Å². The monoisotopic (exact) mass is 204 g/mol. The molecule has 0 fully saturated rings. The molecule has 0 rings (SSSR count). The van der Waals surface area contributed by atoms with E-state index < -0.39 is 5.97 Å². The van der Waals surface area contributed by atoms with Gasteiger partial charge in [0.05, 0.1) is 31.3 Å². The molecule has 0 aliphatic heterocycles. The molecule has 0 aliphatic carbocycles. The molecule has 0 aromatic rings. The molecule has 0 aliphatic rings. The van der Waals surface area contributed by atoms with Gasteiger partial charge < -0.3 is 14.6 Å². The summed E-state index contributed by atoms with van der Waals surface area (Å²) in [6, 6.07) is 0. The van der Waals surface area contributed by atoms with Crippen LogP contribution < -0.4 is 0 Å². The molecule has 4 nitrogen and oxygen atoms in total. The van der Waals surface area contributed by atoms with Crippen LogP contribution in [-0.2, 0) is 14.3 Å². The molecule has 0 bridgehead atoms. The van der Waals surface area contributed by atoms with Crippen molar-refractivity contribution in [1.29, 1.82) is 0 Å². The van der Waals surface area contributed by atoms with E-state index >= 15 is 0 Å². The third-order valence-electron chi connectivity index (χ3n) is 1.47. The van der Waals surface area contributed by atoms with Crippen molar-refractivity contribution in [3.8, 4) is 0 Å². The lowest BCUT2D eigenvalue weighted by atomic mass is 10.2. The van der Waals surface area contributed by atoms with Crippen molar-refractivity contribution < 1.29 is 19.4 Å². The molecule has 1 unspecified atom stereocenters. The number of carboxylic acid groups (broad SMARTS) is 1. The first-order valence-electron chi connectivity index (χ1n) is 4.78. The maximum Gasteiger partial charge on any atom is 0.305 e. The number of hydrogen-bond acceptors (Lipinski definition) is 3. The molecule has 0 radical (unpaired) electrons. The van der Waals surface area contributed by atoms with Gasteiger partial charge in [-0.1, -0.05) is 0 Å². The van der Waals surface area contributed by atoms with Crippen molar-refractivity contribution in [3.63, 3.8) is 0 Å². The van der Waals surface area contributed by atoms with Crippen LogP contribution in [0.15, 0.2) is 0 Å². The minimum Gasteiger partial charge on any atom is -0.481 e. The zero-order valence-electron chi connectivity index (χ0n) is 9.37. The van der Waals surface area contributed by atoms with Gasteiger partial charge in [-0.3, -0.25) is 4.79 Å². The molecule has 0 aromatic carbocycles. The lowest BCUT2D eigenvalue weighted by Crippen LogP contribution is -2.26. The Morgan fingerprint density at radius 2 is 2.00 bits per heavy atom. The third-order valence-corrected chi connectivity index (χ3v) is 1.47. The van der Waals surface area contributed by atoms with E-state index in [1.807, 2.05) is 27.7 Å². The highest BCUT2D eigenvalue weighted by Crippen LogP contribution is 2.08. The summed E-state index contributed by atoms with van der Waals surface area (Å²) < 4.78 is 10.7. The molecule has 0 saturated heterocycles. The fourth-order valence-corrected chi connectivity index (χ4v) is 0.763. The summed E-state index contributed by atoms with van der Waals surface area (Å²) in [7, 11) is 0. The fourth-order valence-electron chi connectivity index (χ4n) is 0.763. The topological polar surface area (TPSA) is 55.8 Å². The van der Waals surface area contributed by atoms with E-state index in [2.05, 4.69) is 0 Å². The van der Waals surface area contributed by atoms with Gasteiger partial charge in [-0.25, -0.2) is 0 Å². The van der Waals surface area contributed by atoms with Gasteiger partial charge >= 0.3 is 5.97 Å². The highest BCUT2D eigenvalue weighted by Gasteiger charge is 2.12. The molecule has 1 N–H and O–H groups in total. The molecule has 1 atom stereocenters. The van der Waals surface area contributed by atoms with Crippen LogP contribution in [0.5, 0.6) is 0 Å². The Morgan fingerprint density at radius 1 is 1.43 bits per heavy atom. The summed E-state index contributed by atoms with van der Waals surface area (Å²) in [5, 5.41) is 8.37. The summed E-state index contributed by atoms with van der Waals surface area (Å²) in [4.78, 5) is 10.2. The average molecular weight is 204 g/mol. The number of carbonyl (C=O) groups is 1. The molecular formula is C10H20O4. The van der Waals surface area contributed by atoms with Crippen LogP contribution in [0, 0.1) is 0 Å². The normalized spacial score (nSPS) is 14.0. The fraction of sp³-hybridized carbons (Fsp3) is 0.900. The van der Waals surface area contributed by atoms with Crippen LogP contribution in [0.2, 0.25) is 0 Å². The number of hydrogen-bond donors (Lipinski definition) is 1. The molecule has 0 amide bonds. The molecule has 0 saturated carbocycles. The van der Waals surface area contributed by atoms with Gasteiger partial charge in [0.15, 0.2) is 0 Å². The molecule has 4 heteroatoms. The van der Waals surface area contributed by atoms with Crippen molar-refractivity contribution in [2.75, 3.05) is 13.2 Å². The summed E-state index contributed by atoms with van der Waals surface area (Å²) in [6.07, 6.45) is -0.0200. The minimum atomic E-state index is -0.839. The Balaban J connectivity index is 3.46. The van der Waals surface area contributed by atoms with Crippen molar-refractivity contribution in [3.05, 3.63) is 0 Å².